The van der Waals surface area contributed by atoms with Crippen LogP contribution in [0.25, 0.3) is 0 Å². The Bertz CT molecular complexity index is 1170. The van der Waals surface area contributed by atoms with Crippen LogP contribution in [0.2, 0.25) is 0 Å². The molecular weight excluding hydrogens is 492 g/mol. The van der Waals surface area contributed by atoms with Crippen molar-refractivity contribution < 1.29 is 28.8 Å². The van der Waals surface area contributed by atoms with Crippen LogP contribution in [0.1, 0.15) is 34.8 Å². The van der Waals surface area contributed by atoms with E-state index in [-0.39, 0.29) is 30.5 Å². The largest absolute Gasteiger partial charge is 0.445 e. The van der Waals surface area contributed by atoms with Crippen LogP contribution in [-0.4, -0.2) is 40.7 Å². The van der Waals surface area contributed by atoms with Gasteiger partial charge in [0, 0.05) is 18.6 Å². The summed E-state index contributed by atoms with van der Waals surface area (Å²) in [6.45, 7) is 0.0152. The van der Waals surface area contributed by atoms with Gasteiger partial charge in [-0.05, 0) is 16.7 Å². The van der Waals surface area contributed by atoms with Gasteiger partial charge in [0.15, 0.2) is 0 Å². The molecule has 0 aromatic heterocycles. The van der Waals surface area contributed by atoms with E-state index in [2.05, 4.69) is 5.32 Å². The molecule has 190 valence electrons. The van der Waals surface area contributed by atoms with Gasteiger partial charge in [-0.3, -0.25) is 9.59 Å². The Morgan fingerprint density at radius 1 is 0.811 bits per heavy atom. The van der Waals surface area contributed by atoms with Crippen molar-refractivity contribution in [3.05, 3.63) is 108 Å². The number of ether oxygens (including phenoxy) is 1. The smallest absolute Gasteiger partial charge is 0.408 e. The molecule has 9 heteroatoms. The van der Waals surface area contributed by atoms with Crippen molar-refractivity contribution in [2.24, 2.45) is 0 Å². The number of hydrogen-bond acceptors (Lipinski definition) is 7. The number of hydrogen-bond donors (Lipinski definition) is 1. The topological polar surface area (TPSA) is 102 Å². The minimum Gasteiger partial charge on any atom is -0.445 e. The number of nitrogens with one attached hydrogen (secondary N) is 1. The number of carbonyl (C=O) groups excluding carboxylic acids is 4. The fourth-order valence-corrected chi connectivity index (χ4v) is 5.02. The summed E-state index contributed by atoms with van der Waals surface area (Å²) in [6.07, 6.45) is -0.869. The zero-order chi connectivity index (χ0) is 26.0. The van der Waals surface area contributed by atoms with Crippen molar-refractivity contribution in [2.45, 2.75) is 30.7 Å². The van der Waals surface area contributed by atoms with E-state index in [0.717, 1.165) is 16.7 Å². The maximum absolute atomic E-state index is 13.0. The predicted octanol–water partition coefficient (Wildman–Crippen LogP) is 4.41. The van der Waals surface area contributed by atoms with E-state index in [0.29, 0.717) is 5.06 Å². The number of rotatable bonds is 10. The fourth-order valence-electron chi connectivity index (χ4n) is 3.72. The van der Waals surface area contributed by atoms with Gasteiger partial charge < -0.3 is 14.9 Å². The maximum Gasteiger partial charge on any atom is 0.408 e. The third-order valence-corrected chi connectivity index (χ3v) is 7.01. The first-order valence-corrected chi connectivity index (χ1v) is 12.8. The van der Waals surface area contributed by atoms with Crippen LogP contribution in [0.15, 0.2) is 91.0 Å². The molecule has 1 atom stereocenters. The van der Waals surface area contributed by atoms with E-state index in [4.69, 9.17) is 9.57 Å². The number of benzene rings is 3. The number of nitrogens with zero attached hydrogens (tertiary/aromatic N) is 1. The standard InChI is InChI=1S/C28H26N2O6S/c31-24-16-17-25(32)30(24)36-27(33)23(29-28(34)35-18-20-10-4-1-5-11-20)19-37-26(21-12-6-2-7-13-21)22-14-8-3-9-15-22/h1-15,23,26H,16-19H2,(H,29,34)/t23-/m0/s1. The Kier molecular flexibility index (Phi) is 8.93. The highest BCUT2D eigenvalue weighted by Gasteiger charge is 2.36. The van der Waals surface area contributed by atoms with Gasteiger partial charge in [-0.25, -0.2) is 9.59 Å². The Balaban J connectivity index is 1.49. The molecule has 0 bridgehead atoms. The molecule has 3 amide bonds. The van der Waals surface area contributed by atoms with Crippen LogP contribution in [0.3, 0.4) is 0 Å². The van der Waals surface area contributed by atoms with E-state index in [1.54, 1.807) is 0 Å². The molecule has 0 unspecified atom stereocenters. The quantitative estimate of drug-likeness (QED) is 0.397. The summed E-state index contributed by atoms with van der Waals surface area (Å²) in [7, 11) is 0. The Morgan fingerprint density at radius 3 is 1.86 bits per heavy atom. The van der Waals surface area contributed by atoms with Crippen LogP contribution in [-0.2, 0) is 30.6 Å². The number of hydroxylamine groups is 2. The molecule has 1 aliphatic heterocycles. The second-order valence-corrected chi connectivity index (χ2v) is 9.42. The predicted molar refractivity (Wildman–Crippen MR) is 138 cm³/mol. The van der Waals surface area contributed by atoms with Crippen molar-refractivity contribution in [3.8, 4) is 0 Å². The van der Waals surface area contributed by atoms with Crippen molar-refractivity contribution in [1.82, 2.24) is 10.4 Å². The van der Waals surface area contributed by atoms with Crippen molar-refractivity contribution in [1.29, 1.82) is 0 Å². The molecule has 8 nitrogen and oxygen atoms in total. The van der Waals surface area contributed by atoms with Gasteiger partial charge in [-0.1, -0.05) is 91.0 Å². The second kappa shape index (κ2) is 12.7. The van der Waals surface area contributed by atoms with Gasteiger partial charge in [0.25, 0.3) is 11.8 Å². The van der Waals surface area contributed by atoms with E-state index in [1.807, 2.05) is 91.0 Å². The highest BCUT2D eigenvalue weighted by atomic mass is 32.2. The van der Waals surface area contributed by atoms with Gasteiger partial charge in [0.2, 0.25) is 0 Å². The molecule has 4 rings (SSSR count). The van der Waals surface area contributed by atoms with Crippen molar-refractivity contribution >= 4 is 35.6 Å². The van der Waals surface area contributed by atoms with Gasteiger partial charge in [-0.15, -0.1) is 16.8 Å². The molecule has 0 saturated carbocycles. The lowest BCUT2D eigenvalue weighted by atomic mass is 10.0. The molecule has 1 saturated heterocycles. The highest BCUT2D eigenvalue weighted by Crippen LogP contribution is 2.36. The number of carbonyl (C=O) groups is 4. The summed E-state index contributed by atoms with van der Waals surface area (Å²) in [5.41, 5.74) is 2.82. The molecule has 1 fully saturated rings. The zero-order valence-electron chi connectivity index (χ0n) is 19.9. The summed E-state index contributed by atoms with van der Waals surface area (Å²) in [4.78, 5) is 54.7. The Labute approximate surface area is 218 Å². The van der Waals surface area contributed by atoms with Gasteiger partial charge >= 0.3 is 12.1 Å². The summed E-state index contributed by atoms with van der Waals surface area (Å²) < 4.78 is 5.28. The van der Waals surface area contributed by atoms with E-state index < -0.39 is 29.9 Å². The van der Waals surface area contributed by atoms with Crippen LogP contribution >= 0.6 is 11.8 Å². The first kappa shape index (κ1) is 26.0. The number of alkyl carbamates (subject to hydrolysis) is 1. The number of thioether (sulfide) groups is 1. The molecule has 37 heavy (non-hydrogen) atoms. The molecule has 0 spiro atoms. The maximum atomic E-state index is 13.0. The molecule has 0 radical (unpaired) electrons. The minimum absolute atomic E-state index is 0.0152. The SMILES string of the molecule is O=C(N[C@@H](CSC(c1ccccc1)c1ccccc1)C(=O)ON1C(=O)CCC1=O)OCc1ccccc1. The second-order valence-electron chi connectivity index (χ2n) is 8.29. The van der Waals surface area contributed by atoms with Crippen molar-refractivity contribution in [2.75, 3.05) is 5.75 Å². The van der Waals surface area contributed by atoms with Crippen LogP contribution in [0, 0.1) is 0 Å². The third-order valence-electron chi connectivity index (χ3n) is 5.61. The van der Waals surface area contributed by atoms with Gasteiger partial charge in [0.1, 0.15) is 12.6 Å². The first-order valence-electron chi connectivity index (χ1n) is 11.8. The zero-order valence-corrected chi connectivity index (χ0v) is 20.8. The molecule has 3 aromatic carbocycles. The van der Waals surface area contributed by atoms with Crippen LogP contribution in [0.5, 0.6) is 0 Å². The molecule has 1 aliphatic rings. The average molecular weight is 519 g/mol. The van der Waals surface area contributed by atoms with Crippen molar-refractivity contribution in [3.63, 3.8) is 0 Å². The Morgan fingerprint density at radius 2 is 1.32 bits per heavy atom. The first-order chi connectivity index (χ1) is 18.0. The lowest BCUT2D eigenvalue weighted by molar-refractivity contribution is -0.198. The van der Waals surface area contributed by atoms with Gasteiger partial charge in [-0.2, -0.15) is 0 Å². The number of imide groups is 1. The summed E-state index contributed by atoms with van der Waals surface area (Å²) >= 11 is 1.42. The monoisotopic (exact) mass is 518 g/mol. The molecule has 1 N–H and O–H groups in total. The normalized spacial score (nSPS) is 13.9. The van der Waals surface area contributed by atoms with Gasteiger partial charge in [0.05, 0.1) is 5.25 Å². The minimum atomic E-state index is -1.18. The van der Waals surface area contributed by atoms with Crippen LogP contribution in [0.4, 0.5) is 4.79 Å². The highest BCUT2D eigenvalue weighted by molar-refractivity contribution is 7.99. The summed E-state index contributed by atoms with van der Waals surface area (Å²) in [5.74, 6) is -2.01. The van der Waals surface area contributed by atoms with Crippen LogP contribution < -0.4 is 5.32 Å². The molecule has 0 aliphatic carbocycles. The van der Waals surface area contributed by atoms with E-state index in [1.165, 1.54) is 11.8 Å². The molecule has 3 aromatic rings. The fraction of sp³-hybridized carbons (Fsp3) is 0.214. The average Bonchev–Trinajstić information content (AvgIpc) is 3.25. The lowest BCUT2D eigenvalue weighted by Gasteiger charge is -2.23. The summed E-state index contributed by atoms with van der Waals surface area (Å²) in [5, 5.41) is 2.87. The third kappa shape index (κ3) is 7.20. The summed E-state index contributed by atoms with van der Waals surface area (Å²) in [6, 6.07) is 27.5. The van der Waals surface area contributed by atoms with E-state index in [9.17, 15) is 19.2 Å². The van der Waals surface area contributed by atoms with E-state index >= 15 is 0 Å². The molecular formula is C28H26N2O6S. The molecule has 1 heterocycles. The Hall–Kier alpha value is -4.11. The number of amides is 3. The lowest BCUT2D eigenvalue weighted by Crippen LogP contribution is -2.47.